The number of hydrogen-bond acceptors (Lipinski definition) is 2. The lowest BCUT2D eigenvalue weighted by molar-refractivity contribution is -0.137. The van der Waals surface area contributed by atoms with Crippen molar-refractivity contribution in [2.24, 2.45) is 0 Å². The molecule has 1 heterocycles. The largest absolute Gasteiger partial charge is 0.339 e. The number of nitrogens with one attached hydrogen (secondary N) is 1. The lowest BCUT2D eigenvalue weighted by Gasteiger charge is -2.37. The van der Waals surface area contributed by atoms with Crippen molar-refractivity contribution in [3.05, 3.63) is 34.9 Å². The van der Waals surface area contributed by atoms with E-state index in [2.05, 4.69) is 12.2 Å². The van der Waals surface area contributed by atoms with Gasteiger partial charge < -0.3 is 10.2 Å². The standard InChI is InChI=1S/C15H21ClN2O.ClH/c1-11-10-18(8-7-17-11)14(19)15(2,3)12-5-4-6-13(16)9-12;/h4-6,9,11,17H,7-8,10H2,1-3H3;1H. The molecule has 0 aliphatic carbocycles. The Kier molecular flexibility index (Phi) is 5.87. The molecule has 1 aromatic carbocycles. The van der Waals surface area contributed by atoms with Gasteiger partial charge in [-0.1, -0.05) is 23.7 Å². The van der Waals surface area contributed by atoms with Gasteiger partial charge in [-0.3, -0.25) is 4.79 Å². The minimum Gasteiger partial charge on any atom is -0.339 e. The van der Waals surface area contributed by atoms with Gasteiger partial charge in [0, 0.05) is 30.7 Å². The van der Waals surface area contributed by atoms with Crippen molar-refractivity contribution >= 4 is 29.9 Å². The number of carbonyl (C=O) groups is 1. The van der Waals surface area contributed by atoms with Gasteiger partial charge in [0.2, 0.25) is 5.91 Å². The summed E-state index contributed by atoms with van der Waals surface area (Å²) in [5, 5.41) is 4.03. The monoisotopic (exact) mass is 316 g/mol. The molecular formula is C15H22Cl2N2O. The topological polar surface area (TPSA) is 32.3 Å². The van der Waals surface area contributed by atoms with E-state index in [1.54, 1.807) is 0 Å². The third-order valence-corrected chi connectivity index (χ3v) is 3.97. The van der Waals surface area contributed by atoms with Gasteiger partial charge in [0.1, 0.15) is 0 Å². The molecule has 0 radical (unpaired) electrons. The second-order valence-corrected chi connectivity index (χ2v) is 6.18. The lowest BCUT2D eigenvalue weighted by Crippen LogP contribution is -2.55. The first-order valence-electron chi connectivity index (χ1n) is 6.70. The van der Waals surface area contributed by atoms with Crippen LogP contribution >= 0.6 is 24.0 Å². The van der Waals surface area contributed by atoms with E-state index in [1.807, 2.05) is 43.0 Å². The fourth-order valence-electron chi connectivity index (χ4n) is 2.51. The highest BCUT2D eigenvalue weighted by molar-refractivity contribution is 6.30. The fourth-order valence-corrected chi connectivity index (χ4v) is 2.70. The predicted octanol–water partition coefficient (Wildman–Crippen LogP) is 2.86. The van der Waals surface area contributed by atoms with E-state index in [4.69, 9.17) is 11.6 Å². The van der Waals surface area contributed by atoms with Crippen molar-refractivity contribution < 1.29 is 4.79 Å². The Morgan fingerprint density at radius 1 is 1.45 bits per heavy atom. The quantitative estimate of drug-likeness (QED) is 0.910. The van der Waals surface area contributed by atoms with Crippen LogP contribution in [0, 0.1) is 0 Å². The molecule has 5 heteroatoms. The van der Waals surface area contributed by atoms with Crippen molar-refractivity contribution in [3.63, 3.8) is 0 Å². The van der Waals surface area contributed by atoms with Crippen LogP contribution in [0.5, 0.6) is 0 Å². The molecule has 3 nitrogen and oxygen atoms in total. The number of halogens is 2. The van der Waals surface area contributed by atoms with Crippen LogP contribution in [0.2, 0.25) is 5.02 Å². The average molecular weight is 317 g/mol. The molecule has 0 bridgehead atoms. The molecule has 1 fully saturated rings. The van der Waals surface area contributed by atoms with Gasteiger partial charge in [-0.05, 0) is 38.5 Å². The molecule has 0 spiro atoms. The fraction of sp³-hybridized carbons (Fsp3) is 0.533. The molecule has 1 atom stereocenters. The summed E-state index contributed by atoms with van der Waals surface area (Å²) in [6.07, 6.45) is 0. The number of rotatable bonds is 2. The normalized spacial score (nSPS) is 19.4. The first-order valence-corrected chi connectivity index (χ1v) is 7.08. The number of piperazine rings is 1. The summed E-state index contributed by atoms with van der Waals surface area (Å²) in [7, 11) is 0. The van der Waals surface area contributed by atoms with Crippen LogP contribution in [0.1, 0.15) is 26.3 Å². The molecule has 1 saturated heterocycles. The van der Waals surface area contributed by atoms with Crippen molar-refractivity contribution in [1.82, 2.24) is 10.2 Å². The Morgan fingerprint density at radius 2 is 2.15 bits per heavy atom. The summed E-state index contributed by atoms with van der Waals surface area (Å²) < 4.78 is 0. The van der Waals surface area contributed by atoms with Gasteiger partial charge >= 0.3 is 0 Å². The zero-order valence-electron chi connectivity index (χ0n) is 12.1. The molecule has 0 saturated carbocycles. The first kappa shape index (κ1) is 17.3. The summed E-state index contributed by atoms with van der Waals surface area (Å²) >= 11 is 6.03. The Balaban J connectivity index is 0.00000200. The van der Waals surface area contributed by atoms with Crippen molar-refractivity contribution in [3.8, 4) is 0 Å². The molecule has 20 heavy (non-hydrogen) atoms. The molecule has 1 amide bonds. The molecule has 2 rings (SSSR count). The molecule has 0 aromatic heterocycles. The van der Waals surface area contributed by atoms with E-state index in [1.165, 1.54) is 0 Å². The third-order valence-electron chi connectivity index (χ3n) is 3.74. The minimum absolute atomic E-state index is 0. The van der Waals surface area contributed by atoms with Crippen molar-refractivity contribution in [1.29, 1.82) is 0 Å². The summed E-state index contributed by atoms with van der Waals surface area (Å²) in [5.74, 6) is 0.170. The van der Waals surface area contributed by atoms with Gasteiger partial charge in [-0.15, -0.1) is 12.4 Å². The summed E-state index contributed by atoms with van der Waals surface area (Å²) in [5.41, 5.74) is 0.429. The average Bonchev–Trinajstić information content (AvgIpc) is 2.38. The molecule has 112 valence electrons. The number of nitrogens with zero attached hydrogens (tertiary/aromatic N) is 1. The van der Waals surface area contributed by atoms with Crippen LogP contribution in [0.4, 0.5) is 0 Å². The maximum atomic E-state index is 12.7. The van der Waals surface area contributed by atoms with Gasteiger partial charge in [-0.2, -0.15) is 0 Å². The first-order chi connectivity index (χ1) is 8.91. The van der Waals surface area contributed by atoms with E-state index < -0.39 is 5.41 Å². The van der Waals surface area contributed by atoms with E-state index in [0.717, 1.165) is 25.2 Å². The highest BCUT2D eigenvalue weighted by atomic mass is 35.5. The Bertz CT molecular complexity index is 477. The number of carbonyl (C=O) groups excluding carboxylic acids is 1. The summed E-state index contributed by atoms with van der Waals surface area (Å²) in [4.78, 5) is 14.7. The van der Waals surface area contributed by atoms with E-state index >= 15 is 0 Å². The van der Waals surface area contributed by atoms with Gasteiger partial charge in [0.05, 0.1) is 5.41 Å². The Hall–Kier alpha value is -0.770. The predicted molar refractivity (Wildman–Crippen MR) is 85.8 cm³/mol. The van der Waals surface area contributed by atoms with Crippen LogP contribution in [0.25, 0.3) is 0 Å². The van der Waals surface area contributed by atoms with Gasteiger partial charge in [0.15, 0.2) is 0 Å². The van der Waals surface area contributed by atoms with Crippen LogP contribution in [-0.2, 0) is 10.2 Å². The van der Waals surface area contributed by atoms with Crippen molar-refractivity contribution in [2.45, 2.75) is 32.2 Å². The van der Waals surface area contributed by atoms with Crippen molar-refractivity contribution in [2.75, 3.05) is 19.6 Å². The van der Waals surface area contributed by atoms with E-state index in [-0.39, 0.29) is 18.3 Å². The number of benzene rings is 1. The van der Waals surface area contributed by atoms with Crippen LogP contribution in [0.3, 0.4) is 0 Å². The summed E-state index contributed by atoms with van der Waals surface area (Å²) in [6.45, 7) is 8.43. The number of amides is 1. The summed E-state index contributed by atoms with van der Waals surface area (Å²) in [6, 6.07) is 7.93. The van der Waals surface area contributed by atoms with Crippen LogP contribution < -0.4 is 5.32 Å². The lowest BCUT2D eigenvalue weighted by atomic mass is 9.83. The molecule has 1 aromatic rings. The maximum absolute atomic E-state index is 12.7. The SMILES string of the molecule is CC1CN(C(=O)C(C)(C)c2cccc(Cl)c2)CCN1.Cl. The molecule has 1 unspecified atom stereocenters. The molecule has 1 N–H and O–H groups in total. The zero-order chi connectivity index (χ0) is 14.0. The highest BCUT2D eigenvalue weighted by Gasteiger charge is 2.35. The third kappa shape index (κ3) is 3.66. The Labute approximate surface area is 132 Å². The second-order valence-electron chi connectivity index (χ2n) is 5.74. The molecular weight excluding hydrogens is 295 g/mol. The van der Waals surface area contributed by atoms with E-state index in [0.29, 0.717) is 11.1 Å². The number of hydrogen-bond donors (Lipinski definition) is 1. The second kappa shape index (κ2) is 6.79. The molecule has 1 aliphatic heterocycles. The maximum Gasteiger partial charge on any atom is 0.232 e. The van der Waals surface area contributed by atoms with Gasteiger partial charge in [-0.25, -0.2) is 0 Å². The zero-order valence-corrected chi connectivity index (χ0v) is 13.7. The molecule has 1 aliphatic rings. The minimum atomic E-state index is -0.540. The smallest absolute Gasteiger partial charge is 0.232 e. The Morgan fingerprint density at radius 3 is 2.75 bits per heavy atom. The van der Waals surface area contributed by atoms with E-state index in [9.17, 15) is 4.79 Å². The van der Waals surface area contributed by atoms with Gasteiger partial charge in [0.25, 0.3) is 0 Å². The van der Waals surface area contributed by atoms with Crippen LogP contribution in [0.15, 0.2) is 24.3 Å². The highest BCUT2D eigenvalue weighted by Crippen LogP contribution is 2.28. The van der Waals surface area contributed by atoms with Crippen LogP contribution in [-0.4, -0.2) is 36.5 Å².